The molecule has 0 radical (unpaired) electrons. The Morgan fingerprint density at radius 3 is 2.32 bits per heavy atom. The van der Waals surface area contributed by atoms with Crippen molar-refractivity contribution < 1.29 is 9.53 Å². The Kier molecular flexibility index (Phi) is 4.20. The van der Waals surface area contributed by atoms with Crippen LogP contribution in [0.25, 0.3) is 11.1 Å². The van der Waals surface area contributed by atoms with Crippen molar-refractivity contribution in [3.05, 3.63) is 84.4 Å². The summed E-state index contributed by atoms with van der Waals surface area (Å²) in [6.45, 7) is 0.213. The van der Waals surface area contributed by atoms with E-state index in [-0.39, 0.29) is 12.3 Å². The SMILES string of the molecule is O=C(OCc1ccc(-c2ccccc2)cc1)c1cnccn1. The molecule has 0 aliphatic heterocycles. The molecular formula is C18H14N2O2. The van der Waals surface area contributed by atoms with Gasteiger partial charge >= 0.3 is 5.97 Å². The van der Waals surface area contributed by atoms with Gasteiger partial charge in [-0.15, -0.1) is 0 Å². The summed E-state index contributed by atoms with van der Waals surface area (Å²) in [5, 5.41) is 0. The average Bonchev–Trinajstić information content (AvgIpc) is 2.61. The standard InChI is InChI=1S/C18H14N2O2/c21-18(17-12-19-10-11-20-17)22-13-14-6-8-16(9-7-14)15-4-2-1-3-5-15/h1-12H,13H2. The second-order valence-electron chi connectivity index (χ2n) is 4.73. The summed E-state index contributed by atoms with van der Waals surface area (Å²) in [6, 6.07) is 18.0. The van der Waals surface area contributed by atoms with E-state index in [0.29, 0.717) is 0 Å². The second-order valence-corrected chi connectivity index (χ2v) is 4.73. The maximum atomic E-state index is 11.8. The number of carbonyl (C=O) groups is 1. The first-order chi connectivity index (χ1) is 10.8. The van der Waals surface area contributed by atoms with Crippen LogP contribution in [0.5, 0.6) is 0 Å². The van der Waals surface area contributed by atoms with Gasteiger partial charge in [-0.25, -0.2) is 9.78 Å². The van der Waals surface area contributed by atoms with Gasteiger partial charge in [0.15, 0.2) is 5.69 Å². The lowest BCUT2D eigenvalue weighted by atomic mass is 10.0. The molecule has 3 aromatic rings. The number of rotatable bonds is 4. The van der Waals surface area contributed by atoms with Crippen molar-refractivity contribution in [2.45, 2.75) is 6.61 Å². The summed E-state index contributed by atoms with van der Waals surface area (Å²) in [5.41, 5.74) is 3.43. The molecule has 0 saturated carbocycles. The molecule has 0 bridgehead atoms. The second kappa shape index (κ2) is 6.63. The molecule has 3 rings (SSSR count). The lowest BCUT2D eigenvalue weighted by Crippen LogP contribution is -2.07. The van der Waals surface area contributed by atoms with Gasteiger partial charge in [0.2, 0.25) is 0 Å². The predicted octanol–water partition coefficient (Wildman–Crippen LogP) is 3.50. The van der Waals surface area contributed by atoms with Crippen molar-refractivity contribution >= 4 is 5.97 Å². The smallest absolute Gasteiger partial charge is 0.358 e. The highest BCUT2D eigenvalue weighted by molar-refractivity contribution is 5.86. The zero-order valence-corrected chi connectivity index (χ0v) is 11.8. The Labute approximate surface area is 128 Å². The monoisotopic (exact) mass is 290 g/mol. The molecule has 108 valence electrons. The van der Waals surface area contributed by atoms with Gasteiger partial charge < -0.3 is 4.74 Å². The Morgan fingerprint density at radius 1 is 0.909 bits per heavy atom. The van der Waals surface area contributed by atoms with E-state index in [1.54, 1.807) is 0 Å². The summed E-state index contributed by atoms with van der Waals surface area (Å²) in [5.74, 6) is -0.472. The summed E-state index contributed by atoms with van der Waals surface area (Å²) in [6.07, 6.45) is 4.37. The van der Waals surface area contributed by atoms with Gasteiger partial charge in [-0.1, -0.05) is 54.6 Å². The van der Waals surface area contributed by atoms with Crippen LogP contribution in [0.1, 0.15) is 16.1 Å². The molecule has 0 aliphatic rings. The number of hydrogen-bond acceptors (Lipinski definition) is 4. The molecule has 2 aromatic carbocycles. The van der Waals surface area contributed by atoms with Gasteiger partial charge in [0, 0.05) is 12.4 Å². The van der Waals surface area contributed by atoms with Crippen molar-refractivity contribution in [2.75, 3.05) is 0 Å². The topological polar surface area (TPSA) is 52.1 Å². The number of carbonyl (C=O) groups excluding carboxylic acids is 1. The molecule has 1 heterocycles. The van der Waals surface area contributed by atoms with Gasteiger partial charge in [-0.05, 0) is 16.7 Å². The molecule has 0 N–H and O–H groups in total. The van der Waals surface area contributed by atoms with Crippen LogP contribution in [0.15, 0.2) is 73.2 Å². The van der Waals surface area contributed by atoms with E-state index >= 15 is 0 Å². The Morgan fingerprint density at radius 2 is 1.64 bits per heavy atom. The number of benzene rings is 2. The van der Waals surface area contributed by atoms with Crippen LogP contribution in [0.4, 0.5) is 0 Å². The van der Waals surface area contributed by atoms with Crippen LogP contribution in [-0.2, 0) is 11.3 Å². The average molecular weight is 290 g/mol. The fourth-order valence-electron chi connectivity index (χ4n) is 2.05. The molecule has 1 aromatic heterocycles. The Hall–Kier alpha value is -3.01. The normalized spacial score (nSPS) is 10.2. The molecular weight excluding hydrogens is 276 g/mol. The van der Waals surface area contributed by atoms with Crippen molar-refractivity contribution in [1.82, 2.24) is 9.97 Å². The van der Waals surface area contributed by atoms with Crippen LogP contribution in [0, 0.1) is 0 Å². The number of ether oxygens (including phenoxy) is 1. The van der Waals surface area contributed by atoms with Gasteiger partial charge in [-0.2, -0.15) is 0 Å². The highest BCUT2D eigenvalue weighted by Crippen LogP contribution is 2.19. The van der Waals surface area contributed by atoms with Gasteiger partial charge in [-0.3, -0.25) is 4.98 Å². The van der Waals surface area contributed by atoms with Crippen molar-refractivity contribution in [3.8, 4) is 11.1 Å². The molecule has 0 aliphatic carbocycles. The predicted molar refractivity (Wildman–Crippen MR) is 83.0 cm³/mol. The number of esters is 1. The molecule has 0 amide bonds. The first-order valence-corrected chi connectivity index (χ1v) is 6.90. The van der Waals surface area contributed by atoms with E-state index in [0.717, 1.165) is 16.7 Å². The number of hydrogen-bond donors (Lipinski definition) is 0. The van der Waals surface area contributed by atoms with E-state index in [9.17, 15) is 4.79 Å². The molecule has 0 atom stereocenters. The van der Waals surface area contributed by atoms with Gasteiger partial charge in [0.1, 0.15) is 6.61 Å². The third-order valence-corrected chi connectivity index (χ3v) is 3.20. The Bertz CT molecular complexity index is 741. The minimum absolute atomic E-state index is 0.211. The van der Waals surface area contributed by atoms with Crippen molar-refractivity contribution in [3.63, 3.8) is 0 Å². The van der Waals surface area contributed by atoms with Gasteiger partial charge in [0.05, 0.1) is 6.20 Å². The summed E-state index contributed by atoms with van der Waals surface area (Å²) in [4.78, 5) is 19.5. The fourth-order valence-corrected chi connectivity index (χ4v) is 2.05. The van der Waals surface area contributed by atoms with Crippen LogP contribution < -0.4 is 0 Å². The van der Waals surface area contributed by atoms with E-state index in [4.69, 9.17) is 4.74 Å². The third-order valence-electron chi connectivity index (χ3n) is 3.20. The van der Waals surface area contributed by atoms with Crippen molar-refractivity contribution in [2.24, 2.45) is 0 Å². The van der Waals surface area contributed by atoms with Gasteiger partial charge in [0.25, 0.3) is 0 Å². The largest absolute Gasteiger partial charge is 0.456 e. The molecule has 4 heteroatoms. The quantitative estimate of drug-likeness (QED) is 0.690. The zero-order chi connectivity index (χ0) is 15.2. The molecule has 0 spiro atoms. The minimum Gasteiger partial charge on any atom is -0.456 e. The van der Waals surface area contributed by atoms with Crippen LogP contribution in [0.2, 0.25) is 0 Å². The molecule has 0 saturated heterocycles. The molecule has 0 fully saturated rings. The summed E-state index contributed by atoms with van der Waals surface area (Å²) < 4.78 is 5.22. The zero-order valence-electron chi connectivity index (χ0n) is 11.8. The number of nitrogens with zero attached hydrogens (tertiary/aromatic N) is 2. The molecule has 0 unspecified atom stereocenters. The van der Waals surface area contributed by atoms with E-state index in [1.807, 2.05) is 42.5 Å². The number of aromatic nitrogens is 2. The molecule has 22 heavy (non-hydrogen) atoms. The van der Waals surface area contributed by atoms with E-state index < -0.39 is 5.97 Å². The van der Waals surface area contributed by atoms with Crippen LogP contribution in [-0.4, -0.2) is 15.9 Å². The van der Waals surface area contributed by atoms with Crippen LogP contribution in [0.3, 0.4) is 0 Å². The maximum Gasteiger partial charge on any atom is 0.358 e. The summed E-state index contributed by atoms with van der Waals surface area (Å²) >= 11 is 0. The Balaban J connectivity index is 1.63. The van der Waals surface area contributed by atoms with Crippen LogP contribution >= 0.6 is 0 Å². The first kappa shape index (κ1) is 13.9. The highest BCUT2D eigenvalue weighted by Gasteiger charge is 2.08. The lowest BCUT2D eigenvalue weighted by molar-refractivity contribution is 0.0465. The van der Waals surface area contributed by atoms with Crippen molar-refractivity contribution in [1.29, 1.82) is 0 Å². The minimum atomic E-state index is -0.472. The highest BCUT2D eigenvalue weighted by atomic mass is 16.5. The fraction of sp³-hybridized carbons (Fsp3) is 0.0556. The first-order valence-electron chi connectivity index (χ1n) is 6.90. The molecule has 4 nitrogen and oxygen atoms in total. The maximum absolute atomic E-state index is 11.8. The lowest BCUT2D eigenvalue weighted by Gasteiger charge is -2.06. The summed E-state index contributed by atoms with van der Waals surface area (Å²) in [7, 11) is 0. The van der Waals surface area contributed by atoms with E-state index in [2.05, 4.69) is 22.1 Å². The third kappa shape index (κ3) is 3.35. The van der Waals surface area contributed by atoms with E-state index in [1.165, 1.54) is 18.6 Å².